The summed E-state index contributed by atoms with van der Waals surface area (Å²) in [5, 5.41) is 7.12. The topological polar surface area (TPSA) is 76.7 Å². The number of fused-ring (bicyclic) bond motifs is 1. The summed E-state index contributed by atoms with van der Waals surface area (Å²) in [5.74, 6) is -0.785. The number of carbonyl (C=O) groups is 2. The van der Waals surface area contributed by atoms with Crippen LogP contribution < -0.4 is 10.6 Å². The van der Waals surface area contributed by atoms with Gasteiger partial charge >= 0.3 is 11.9 Å². The highest BCUT2D eigenvalue weighted by atomic mass is 32.1. The van der Waals surface area contributed by atoms with Crippen molar-refractivity contribution >= 4 is 51.3 Å². The van der Waals surface area contributed by atoms with Crippen molar-refractivity contribution in [2.45, 2.75) is 32.6 Å². The average molecular weight is 419 g/mol. The zero-order valence-corrected chi connectivity index (χ0v) is 17.4. The van der Waals surface area contributed by atoms with Crippen LogP contribution in [0.3, 0.4) is 0 Å². The Balaban J connectivity index is 1.84. The number of thiophene rings is 1. The van der Waals surface area contributed by atoms with Gasteiger partial charge in [-0.05, 0) is 62.5 Å². The minimum atomic E-state index is -0.454. The van der Waals surface area contributed by atoms with E-state index in [0.29, 0.717) is 33.5 Å². The van der Waals surface area contributed by atoms with E-state index in [0.717, 1.165) is 31.2 Å². The summed E-state index contributed by atoms with van der Waals surface area (Å²) < 4.78 is 10.1. The number of para-hydroxylation sites is 1. The molecule has 1 aliphatic carbocycles. The van der Waals surface area contributed by atoms with Crippen LogP contribution in [0.2, 0.25) is 0 Å². The molecule has 0 saturated carbocycles. The zero-order chi connectivity index (χ0) is 20.1. The first-order chi connectivity index (χ1) is 13.5. The van der Waals surface area contributed by atoms with Crippen molar-refractivity contribution in [3.05, 3.63) is 45.8 Å². The van der Waals surface area contributed by atoms with Crippen molar-refractivity contribution in [3.8, 4) is 0 Å². The SMILES string of the molecule is CCOC(=O)c1c(NC(=S)Nc2ccccc2C(=O)OC)sc2c1CCCC2. The van der Waals surface area contributed by atoms with Gasteiger partial charge in [-0.1, -0.05) is 12.1 Å². The van der Waals surface area contributed by atoms with E-state index in [4.69, 9.17) is 21.7 Å². The van der Waals surface area contributed by atoms with Gasteiger partial charge in [0.2, 0.25) is 0 Å². The number of methoxy groups -OCH3 is 1. The smallest absolute Gasteiger partial charge is 0.341 e. The summed E-state index contributed by atoms with van der Waals surface area (Å²) in [6, 6.07) is 6.95. The minimum Gasteiger partial charge on any atom is -0.465 e. The Morgan fingerprint density at radius 1 is 1.14 bits per heavy atom. The number of thiocarbonyl (C=S) groups is 1. The maximum absolute atomic E-state index is 12.5. The molecule has 0 atom stereocenters. The summed E-state index contributed by atoms with van der Waals surface area (Å²) in [4.78, 5) is 25.7. The molecule has 1 aromatic carbocycles. The molecule has 2 aromatic rings. The highest BCUT2D eigenvalue weighted by molar-refractivity contribution is 7.80. The maximum Gasteiger partial charge on any atom is 0.341 e. The van der Waals surface area contributed by atoms with Crippen LogP contribution in [-0.4, -0.2) is 30.8 Å². The third kappa shape index (κ3) is 4.34. The predicted molar refractivity (Wildman–Crippen MR) is 115 cm³/mol. The van der Waals surface area contributed by atoms with Crippen LogP contribution in [-0.2, 0) is 22.3 Å². The highest BCUT2D eigenvalue weighted by Gasteiger charge is 2.27. The van der Waals surface area contributed by atoms with E-state index in [2.05, 4.69) is 10.6 Å². The molecule has 0 fully saturated rings. The third-order valence-electron chi connectivity index (χ3n) is 4.46. The van der Waals surface area contributed by atoms with E-state index in [1.54, 1.807) is 31.2 Å². The van der Waals surface area contributed by atoms with Crippen LogP contribution in [0, 0.1) is 0 Å². The molecule has 0 bridgehead atoms. The molecule has 148 valence electrons. The molecule has 3 rings (SSSR count). The van der Waals surface area contributed by atoms with Gasteiger partial charge in [-0.25, -0.2) is 9.59 Å². The number of rotatable bonds is 5. The van der Waals surface area contributed by atoms with Crippen molar-refractivity contribution in [1.29, 1.82) is 0 Å². The van der Waals surface area contributed by atoms with Crippen molar-refractivity contribution in [3.63, 3.8) is 0 Å². The Morgan fingerprint density at radius 3 is 2.64 bits per heavy atom. The van der Waals surface area contributed by atoms with Gasteiger partial charge in [-0.15, -0.1) is 11.3 Å². The largest absolute Gasteiger partial charge is 0.465 e. The summed E-state index contributed by atoms with van der Waals surface area (Å²) in [7, 11) is 1.33. The fourth-order valence-corrected chi connectivity index (χ4v) is 4.77. The van der Waals surface area contributed by atoms with Crippen LogP contribution in [0.4, 0.5) is 10.7 Å². The molecule has 2 N–H and O–H groups in total. The van der Waals surface area contributed by atoms with E-state index < -0.39 is 5.97 Å². The first kappa shape index (κ1) is 20.3. The molecule has 0 spiro atoms. The average Bonchev–Trinajstić information content (AvgIpc) is 3.05. The number of benzene rings is 1. The Kier molecular flexibility index (Phi) is 6.64. The van der Waals surface area contributed by atoms with Gasteiger partial charge in [0.1, 0.15) is 5.00 Å². The number of hydrogen-bond acceptors (Lipinski definition) is 6. The number of ether oxygens (including phenoxy) is 2. The van der Waals surface area contributed by atoms with E-state index >= 15 is 0 Å². The van der Waals surface area contributed by atoms with Crippen molar-refractivity contribution in [1.82, 2.24) is 0 Å². The van der Waals surface area contributed by atoms with Gasteiger partial charge in [-0.3, -0.25) is 0 Å². The molecule has 1 aromatic heterocycles. The molecule has 0 amide bonds. The van der Waals surface area contributed by atoms with Crippen molar-refractivity contribution in [2.24, 2.45) is 0 Å². The first-order valence-corrected chi connectivity index (χ1v) is 10.3. The Hall–Kier alpha value is -2.45. The summed E-state index contributed by atoms with van der Waals surface area (Å²) in [6.45, 7) is 2.11. The number of esters is 2. The van der Waals surface area contributed by atoms with Crippen LogP contribution in [0.5, 0.6) is 0 Å². The molecule has 1 aliphatic rings. The lowest BCUT2D eigenvalue weighted by Crippen LogP contribution is -2.22. The normalized spacial score (nSPS) is 12.6. The molecule has 6 nitrogen and oxygen atoms in total. The molecule has 0 aliphatic heterocycles. The van der Waals surface area contributed by atoms with Crippen molar-refractivity contribution in [2.75, 3.05) is 24.4 Å². The molecular weight excluding hydrogens is 396 g/mol. The second-order valence-electron chi connectivity index (χ2n) is 6.25. The fourth-order valence-electron chi connectivity index (χ4n) is 3.21. The van der Waals surface area contributed by atoms with Crippen LogP contribution in [0.25, 0.3) is 0 Å². The van der Waals surface area contributed by atoms with Gasteiger partial charge in [0, 0.05) is 4.88 Å². The monoisotopic (exact) mass is 418 g/mol. The Bertz CT molecular complexity index is 908. The van der Waals surface area contributed by atoms with Crippen LogP contribution >= 0.6 is 23.6 Å². The predicted octanol–water partition coefficient (Wildman–Crippen LogP) is 4.40. The fraction of sp³-hybridized carbons (Fsp3) is 0.350. The summed E-state index contributed by atoms with van der Waals surface area (Å²) >= 11 is 6.97. The van der Waals surface area contributed by atoms with Crippen molar-refractivity contribution < 1.29 is 19.1 Å². The quantitative estimate of drug-likeness (QED) is 0.550. The summed E-state index contributed by atoms with van der Waals surface area (Å²) in [5.41, 5.74) is 2.55. The standard InChI is InChI=1S/C20H22N2O4S2/c1-3-26-19(24)16-13-9-5-7-11-15(13)28-17(16)22-20(27)21-14-10-6-4-8-12(14)18(23)25-2/h4,6,8,10H,3,5,7,9,11H2,1-2H3,(H2,21,22,27). The number of hydrogen-bond donors (Lipinski definition) is 2. The highest BCUT2D eigenvalue weighted by Crippen LogP contribution is 2.38. The number of anilines is 2. The van der Waals surface area contributed by atoms with Crippen LogP contribution in [0.15, 0.2) is 24.3 Å². The van der Waals surface area contributed by atoms with E-state index in [1.807, 2.05) is 0 Å². The lowest BCUT2D eigenvalue weighted by molar-refractivity contribution is 0.0525. The number of aryl methyl sites for hydroxylation is 1. The summed E-state index contributed by atoms with van der Waals surface area (Å²) in [6.07, 6.45) is 4.00. The molecule has 0 saturated heterocycles. The van der Waals surface area contributed by atoms with Gasteiger partial charge in [0.05, 0.1) is 30.5 Å². The lowest BCUT2D eigenvalue weighted by atomic mass is 9.95. The third-order valence-corrected chi connectivity index (χ3v) is 5.87. The molecule has 8 heteroatoms. The van der Waals surface area contributed by atoms with Gasteiger partial charge in [0.25, 0.3) is 0 Å². The minimum absolute atomic E-state index is 0.292. The molecule has 1 heterocycles. The zero-order valence-electron chi connectivity index (χ0n) is 15.8. The van der Waals surface area contributed by atoms with Gasteiger partial charge in [0.15, 0.2) is 5.11 Å². The Labute approximate surface area is 173 Å². The second-order valence-corrected chi connectivity index (χ2v) is 7.77. The van der Waals surface area contributed by atoms with E-state index in [-0.39, 0.29) is 5.97 Å². The van der Waals surface area contributed by atoms with Crippen LogP contribution in [0.1, 0.15) is 50.9 Å². The molecule has 0 unspecified atom stereocenters. The maximum atomic E-state index is 12.5. The number of carbonyl (C=O) groups excluding carboxylic acids is 2. The lowest BCUT2D eigenvalue weighted by Gasteiger charge is -2.14. The molecule has 28 heavy (non-hydrogen) atoms. The van der Waals surface area contributed by atoms with Gasteiger partial charge in [-0.2, -0.15) is 0 Å². The van der Waals surface area contributed by atoms with Gasteiger partial charge < -0.3 is 20.1 Å². The van der Waals surface area contributed by atoms with E-state index in [9.17, 15) is 9.59 Å². The Morgan fingerprint density at radius 2 is 1.89 bits per heavy atom. The number of nitrogens with one attached hydrogen (secondary N) is 2. The van der Waals surface area contributed by atoms with E-state index in [1.165, 1.54) is 23.3 Å². The first-order valence-electron chi connectivity index (χ1n) is 9.12. The molecular formula is C20H22N2O4S2. The second kappa shape index (κ2) is 9.16. The molecule has 0 radical (unpaired) electrons.